The quantitative estimate of drug-likeness (QED) is 0.0116. The van der Waals surface area contributed by atoms with E-state index in [2.05, 4.69) is 18.9 Å². The standard InChI is InChI=1S/2C26H20O5S.C25H15F3O5S.C24H14ClFO5S/c1-16-3-9-21(17(2)13-16)24(29)26-25(22-10-6-19(28)14-23(22)32-26)31-20-7-4-18(5-8-20)11-12-30-15-27;1-16-4-3-5-17(2)23(16)24(29)26-25(21-11-8-19(28)14-22(21)32-26)31-20-9-6-18(7-10-20)12-13-30-15-27;1-13-8-15(26)2-4-17(13)22(31)25-23(18-5-3-16(30)11-21(18)34-25)33-24-19(27)9-14(10-20(24)28)6-7-32-12-29;25-20-11-15(26)3-7-18(20)22(29)24-23(19-8-4-16(28)12-21(19)32-24)31-17-5-1-14(2-6-17)9-10-30-13-27/h2*3-15,28H,1-2H3;2-12,30H,1H3;1-13,28H/b12-11+;13-12+;7-6+;10-9+. The lowest BCUT2D eigenvalue weighted by molar-refractivity contribution is -0.124. The van der Waals surface area contributed by atoms with E-state index in [-0.39, 0.29) is 78.3 Å². The van der Waals surface area contributed by atoms with Crippen molar-refractivity contribution in [2.24, 2.45) is 0 Å². The number of hydrogen-bond donors (Lipinski definition) is 4. The van der Waals surface area contributed by atoms with Crippen LogP contribution in [0.1, 0.15) is 111 Å². The Morgan fingerprint density at radius 1 is 0.315 bits per heavy atom. The van der Waals surface area contributed by atoms with Gasteiger partial charge in [-0.1, -0.05) is 90.0 Å². The van der Waals surface area contributed by atoms with Crippen molar-refractivity contribution in [2.45, 2.75) is 34.6 Å². The average molecular weight is 1840 g/mol. The molecule has 0 aliphatic carbocycles. The molecule has 130 heavy (non-hydrogen) atoms. The first-order valence-electron chi connectivity index (χ1n) is 38.8. The molecule has 12 aromatic carbocycles. The number of aryl methyl sites for hydroxylation is 5. The summed E-state index contributed by atoms with van der Waals surface area (Å²) in [5.74, 6) is -2.13. The van der Waals surface area contributed by atoms with Crippen LogP contribution < -0.4 is 18.9 Å². The van der Waals surface area contributed by atoms with E-state index in [4.69, 9.17) is 30.5 Å². The molecule has 4 heterocycles. The molecular formula is C101H69ClF4O20S4. The van der Waals surface area contributed by atoms with Gasteiger partial charge in [-0.3, -0.25) is 38.4 Å². The van der Waals surface area contributed by atoms with E-state index in [1.165, 1.54) is 102 Å². The smallest absolute Gasteiger partial charge is 0.297 e. The fourth-order valence-corrected chi connectivity index (χ4v) is 18.0. The molecular weight excluding hydrogens is 1770 g/mol. The predicted molar refractivity (Wildman–Crippen MR) is 493 cm³/mol. The average Bonchev–Trinajstić information content (AvgIpc) is 1.63. The molecule has 652 valence electrons. The number of ketones is 4. The Morgan fingerprint density at radius 3 is 0.977 bits per heavy atom. The molecule has 0 saturated carbocycles. The monoisotopic (exact) mass is 1840 g/mol. The third-order valence-corrected chi connectivity index (χ3v) is 24.2. The van der Waals surface area contributed by atoms with Crippen molar-refractivity contribution in [2.75, 3.05) is 0 Å². The van der Waals surface area contributed by atoms with Gasteiger partial charge in [0.2, 0.25) is 23.1 Å². The second-order valence-electron chi connectivity index (χ2n) is 28.3. The molecule has 0 saturated heterocycles. The largest absolute Gasteiger partial charge is 0.508 e. The minimum atomic E-state index is -1.06. The Hall–Kier alpha value is -15.6. The van der Waals surface area contributed by atoms with E-state index < -0.39 is 40.6 Å². The summed E-state index contributed by atoms with van der Waals surface area (Å²) >= 11 is 10.8. The third kappa shape index (κ3) is 22.1. The van der Waals surface area contributed by atoms with Crippen molar-refractivity contribution in [1.82, 2.24) is 0 Å². The molecule has 4 aromatic heterocycles. The maximum Gasteiger partial charge on any atom is 0.297 e. The summed E-state index contributed by atoms with van der Waals surface area (Å²) in [4.78, 5) is 95.8. The predicted octanol–water partition coefficient (Wildman–Crippen LogP) is 25.8. The zero-order valence-corrected chi connectivity index (χ0v) is 72.7. The SMILES string of the molecule is Cc1cc(F)ccc1C(=O)c1sc2cc(O)ccc2c1Oc1c(F)cc(/C=C/OC=O)cc1F.Cc1ccc(C(=O)c2sc3cc(O)ccc3c2Oc2ccc(/C=C/OC=O)cc2)c(C)c1.Cc1cccc(C)c1C(=O)c1sc2cc(O)ccc2c1Oc1ccc(/C=C/OC=O)cc1.O=CO/C=C/c1ccc(Oc2c(C(=O)c3ccc(F)cc3Cl)sc3cc(O)ccc23)cc1. The lowest BCUT2D eigenvalue weighted by atomic mass is 9.98. The van der Waals surface area contributed by atoms with Crippen molar-refractivity contribution >= 4 is 171 Å². The van der Waals surface area contributed by atoms with Gasteiger partial charge in [-0.05, 0) is 261 Å². The zero-order valence-electron chi connectivity index (χ0n) is 68.7. The first-order valence-corrected chi connectivity index (χ1v) is 42.4. The van der Waals surface area contributed by atoms with Crippen LogP contribution in [0.25, 0.3) is 64.6 Å². The molecule has 16 rings (SSSR count). The van der Waals surface area contributed by atoms with Crippen LogP contribution in [0.2, 0.25) is 5.02 Å². The van der Waals surface area contributed by atoms with Crippen molar-refractivity contribution in [1.29, 1.82) is 0 Å². The van der Waals surface area contributed by atoms with Crippen LogP contribution in [0.4, 0.5) is 17.6 Å². The molecule has 20 nitrogen and oxygen atoms in total. The normalized spacial score (nSPS) is 11.1. The summed E-state index contributed by atoms with van der Waals surface area (Å²) < 4.78 is 101. The van der Waals surface area contributed by atoms with Gasteiger partial charge in [0.15, 0.2) is 40.4 Å². The van der Waals surface area contributed by atoms with Crippen LogP contribution in [0.3, 0.4) is 0 Å². The second-order valence-corrected chi connectivity index (χ2v) is 32.9. The molecule has 0 fully saturated rings. The number of carbonyl (C=O) groups is 8. The van der Waals surface area contributed by atoms with Crippen LogP contribution in [-0.4, -0.2) is 69.4 Å². The van der Waals surface area contributed by atoms with Gasteiger partial charge in [0.05, 0.1) is 30.1 Å². The molecule has 29 heteroatoms. The number of fused-ring (bicyclic) bond motifs is 4. The number of carbonyl (C=O) groups excluding carboxylic acids is 8. The summed E-state index contributed by atoms with van der Waals surface area (Å²) in [5, 5.41) is 42.0. The summed E-state index contributed by atoms with van der Waals surface area (Å²) in [7, 11) is 0. The van der Waals surface area contributed by atoms with Gasteiger partial charge in [-0.25, -0.2) is 17.6 Å². The molecule has 16 aromatic rings. The minimum Gasteiger partial charge on any atom is -0.508 e. The number of benzene rings is 12. The van der Waals surface area contributed by atoms with Crippen LogP contribution in [0.15, 0.2) is 256 Å². The van der Waals surface area contributed by atoms with E-state index in [0.717, 1.165) is 112 Å². The van der Waals surface area contributed by atoms with E-state index >= 15 is 0 Å². The van der Waals surface area contributed by atoms with Crippen LogP contribution in [-0.2, 0) is 38.1 Å². The molecule has 0 aliphatic rings. The molecule has 0 spiro atoms. The van der Waals surface area contributed by atoms with E-state index in [9.17, 15) is 76.3 Å². The van der Waals surface area contributed by atoms with Gasteiger partial charge in [-0.15, -0.1) is 45.3 Å². The summed E-state index contributed by atoms with van der Waals surface area (Å²) in [6.07, 6.45) is 10.9. The number of halogens is 5. The molecule has 0 aliphatic heterocycles. The highest BCUT2D eigenvalue weighted by molar-refractivity contribution is 7.22. The molecule has 4 N–H and O–H groups in total. The van der Waals surface area contributed by atoms with Crippen LogP contribution in [0.5, 0.6) is 69.0 Å². The second kappa shape index (κ2) is 42.1. The van der Waals surface area contributed by atoms with E-state index in [1.807, 2.05) is 88.4 Å². The highest BCUT2D eigenvalue weighted by Crippen LogP contribution is 2.49. The molecule has 0 atom stereocenters. The fourth-order valence-electron chi connectivity index (χ4n) is 13.3. The first-order chi connectivity index (χ1) is 62.7. The molecule has 0 unspecified atom stereocenters. The Balaban J connectivity index is 0.000000148. The van der Waals surface area contributed by atoms with Gasteiger partial charge < -0.3 is 58.3 Å². The lowest BCUT2D eigenvalue weighted by Crippen LogP contribution is -2.05. The Labute approximate surface area is 759 Å². The topological polar surface area (TPSA) is 291 Å². The van der Waals surface area contributed by atoms with Gasteiger partial charge >= 0.3 is 0 Å². The van der Waals surface area contributed by atoms with Crippen molar-refractivity contribution in [3.05, 3.63) is 376 Å². The Morgan fingerprint density at radius 2 is 0.631 bits per heavy atom. The lowest BCUT2D eigenvalue weighted by Gasteiger charge is -2.11. The van der Waals surface area contributed by atoms with Crippen molar-refractivity contribution in [3.63, 3.8) is 0 Å². The van der Waals surface area contributed by atoms with Gasteiger partial charge in [0, 0.05) is 62.6 Å². The fraction of sp³-hybridized carbons (Fsp3) is 0.0495. The molecule has 0 bridgehead atoms. The van der Waals surface area contributed by atoms with Crippen LogP contribution in [0, 0.1) is 57.9 Å². The molecule has 0 radical (unpaired) electrons. The highest BCUT2D eigenvalue weighted by Gasteiger charge is 2.30. The maximum absolute atomic E-state index is 14.8. The van der Waals surface area contributed by atoms with E-state index in [0.29, 0.717) is 101 Å². The number of phenols is 4. The number of phenolic OH excluding ortho intramolecular Hbond substituents is 4. The van der Waals surface area contributed by atoms with Crippen molar-refractivity contribution in [3.8, 4) is 69.0 Å². The zero-order chi connectivity index (χ0) is 92.4. The number of hydrogen-bond acceptors (Lipinski definition) is 24. The highest BCUT2D eigenvalue weighted by atomic mass is 35.5. The number of ether oxygens (including phenoxy) is 8. The van der Waals surface area contributed by atoms with Gasteiger partial charge in [0.1, 0.15) is 71.4 Å². The van der Waals surface area contributed by atoms with E-state index in [1.54, 1.807) is 116 Å². The van der Waals surface area contributed by atoms with Gasteiger partial charge in [0.25, 0.3) is 25.9 Å². The summed E-state index contributed by atoms with van der Waals surface area (Å²) in [6.45, 7) is 10.5. The number of rotatable bonds is 28. The Kier molecular flexibility index (Phi) is 29.9. The summed E-state index contributed by atoms with van der Waals surface area (Å²) in [5.41, 5.74) is 8.26. The summed E-state index contributed by atoms with van der Waals surface area (Å²) in [6, 6.07) is 60.8. The minimum absolute atomic E-state index is 0.00469. The Bertz CT molecular complexity index is 6920. The van der Waals surface area contributed by atoms with Gasteiger partial charge in [-0.2, -0.15) is 0 Å². The van der Waals surface area contributed by atoms with Crippen molar-refractivity contribution < 1.29 is 114 Å². The number of thiophene rings is 4. The maximum atomic E-state index is 14.8. The number of aromatic hydroxyl groups is 4. The van der Waals surface area contributed by atoms with Crippen LogP contribution >= 0.6 is 56.9 Å². The first kappa shape index (κ1) is 92.1. The molecule has 0 amide bonds. The third-order valence-electron chi connectivity index (χ3n) is 19.4.